The van der Waals surface area contributed by atoms with E-state index in [2.05, 4.69) is 71.0 Å². The molecule has 140 heavy (non-hydrogen) atoms. The van der Waals surface area contributed by atoms with Gasteiger partial charge >= 0.3 is 71.5 Å². The van der Waals surface area contributed by atoms with Crippen molar-refractivity contribution >= 4 is 163 Å². The molecule has 0 rings (SSSR count). The van der Waals surface area contributed by atoms with E-state index in [1.807, 2.05) is 0 Å². The minimum Gasteiger partial charge on any atom is -0.465 e. The van der Waals surface area contributed by atoms with E-state index in [4.69, 9.17) is 56.8 Å². The quantitative estimate of drug-likeness (QED) is 0.0188. The molecule has 0 spiro atoms. The molecule has 42 nitrogen and oxygen atoms in total. The number of aliphatic imine (C=N–C) groups is 10. The highest BCUT2D eigenvalue weighted by atomic mass is 16.6. The van der Waals surface area contributed by atoms with E-state index in [1.54, 1.807) is 126 Å². The maximum atomic E-state index is 14.1. The smallest absolute Gasteiger partial charge is 0.309 e. The lowest BCUT2D eigenvalue weighted by Gasteiger charge is -2.36. The molecule has 0 aromatic carbocycles. The van der Waals surface area contributed by atoms with Gasteiger partial charge in [0.25, 0.3) is 0 Å². The summed E-state index contributed by atoms with van der Waals surface area (Å²) in [5.41, 5.74) is 4.51. The standard InChI is InChI=1S/C98H156N14O28/c1-23-81(115)93(127)111-109-77(12)34-46-91(125)133-59-95(50-48-79(113)36-24-67(2)99-14,57-131-83(117)38-26-69(4)101-16)53-129-54-96(51-49-80(114)37-25-68(3)100-15,58-132-84(118)39-27-70(5)102-17)60-134-92(126)47-35-78(13)110-112-94(128)82(116)52-108-76(11)33-45-90(124)140-66-98(64-138-88(122)43-31-74(9)106-21,65-139-89(123)44-32-75(10)107-22)56-130-55-97(61-135-85(119)40-28-71(6)103-18,62-136-86(120)41-29-72(7)104-19)63-137-87(121)42-30-73(8)105-20/h23-66H2,1-22H3,(H,111,127)(H,112,128)/b99-67?,100-68?,101-69?,102-70?,103-71?,104-72?,105-73?,106-74?,107-75?,108-76?,109-77+,110-78+. The van der Waals surface area contributed by atoms with E-state index in [9.17, 15) is 76.7 Å². The molecule has 0 aliphatic carbocycles. The van der Waals surface area contributed by atoms with E-state index in [-0.39, 0.29) is 202 Å². The number of hydrogen-bond donors (Lipinski definition) is 2. The molecule has 2 atom stereocenters. The zero-order valence-electron chi connectivity index (χ0n) is 86.9. The molecule has 0 bridgehead atoms. The molecule has 0 radical (unpaired) electrons. The van der Waals surface area contributed by atoms with Crippen LogP contribution in [0.2, 0.25) is 0 Å². The summed E-state index contributed by atoms with van der Waals surface area (Å²) < 4.78 is 72.0. The molecule has 2 amide bonds. The summed E-state index contributed by atoms with van der Waals surface area (Å²) in [6.45, 7) is 13.6. The predicted molar refractivity (Wildman–Crippen MR) is 532 cm³/mol. The van der Waals surface area contributed by atoms with Gasteiger partial charge in [-0.25, -0.2) is 10.9 Å². The third-order valence-electron chi connectivity index (χ3n) is 22.8. The van der Waals surface area contributed by atoms with Gasteiger partial charge in [-0.15, -0.1) is 0 Å². The lowest BCUT2D eigenvalue weighted by molar-refractivity contribution is -0.176. The minimum absolute atomic E-state index is 0.0243. The summed E-state index contributed by atoms with van der Waals surface area (Å²) in [6.07, 6.45) is -0.236. The molecule has 0 saturated carbocycles. The van der Waals surface area contributed by atoms with E-state index < -0.39 is 204 Å². The number of hydrazone groups is 2. The lowest BCUT2D eigenvalue weighted by atomic mass is 9.82. The maximum Gasteiger partial charge on any atom is 0.309 e. The Hall–Kier alpha value is -11.7. The first-order chi connectivity index (χ1) is 66.3. The molecule has 42 heteroatoms. The van der Waals surface area contributed by atoms with E-state index >= 15 is 0 Å². The Bertz CT molecular complexity index is 4220. The number of hydrogen-bond acceptors (Lipinski definition) is 40. The van der Waals surface area contributed by atoms with Crippen LogP contribution in [-0.4, -0.2) is 326 Å². The Morgan fingerprint density at radius 1 is 0.207 bits per heavy atom. The van der Waals surface area contributed by atoms with Crippen LogP contribution in [0.1, 0.15) is 276 Å². The van der Waals surface area contributed by atoms with Crippen molar-refractivity contribution in [3.63, 3.8) is 0 Å². The van der Waals surface area contributed by atoms with Crippen molar-refractivity contribution < 1.29 is 134 Å². The molecule has 0 aromatic rings. The molecule has 0 aliphatic rings. The van der Waals surface area contributed by atoms with Gasteiger partial charge in [0.2, 0.25) is 11.6 Å². The summed E-state index contributed by atoms with van der Waals surface area (Å²) in [6, 6.07) is 0. The van der Waals surface area contributed by atoms with Crippen molar-refractivity contribution in [1.82, 2.24) is 10.9 Å². The Morgan fingerprint density at radius 3 is 0.593 bits per heavy atom. The van der Waals surface area contributed by atoms with E-state index in [0.717, 1.165) is 0 Å². The zero-order chi connectivity index (χ0) is 106. The number of amides is 2. The van der Waals surface area contributed by atoms with E-state index in [0.29, 0.717) is 64.2 Å². The third-order valence-corrected chi connectivity index (χ3v) is 22.8. The largest absolute Gasteiger partial charge is 0.465 e. The molecule has 2 unspecified atom stereocenters. The molecule has 2 N–H and O–H groups in total. The van der Waals surface area contributed by atoms with Crippen LogP contribution in [0, 0.1) is 21.7 Å². The summed E-state index contributed by atoms with van der Waals surface area (Å²) in [4.78, 5) is 256. The van der Waals surface area contributed by atoms with E-state index in [1.165, 1.54) is 27.7 Å². The number of ketones is 4. The molecular formula is C98H156N14O28. The number of nitrogens with one attached hydrogen (secondary N) is 2. The first kappa shape index (κ1) is 128. The fourth-order valence-electron chi connectivity index (χ4n) is 11.8. The third kappa shape index (κ3) is 61.7. The van der Waals surface area contributed by atoms with Crippen LogP contribution in [0.4, 0.5) is 0 Å². The number of carbonyl (C=O) groups is 16. The van der Waals surface area contributed by atoms with Crippen molar-refractivity contribution in [3.05, 3.63) is 0 Å². The highest BCUT2D eigenvalue weighted by Crippen LogP contribution is 2.34. The second-order valence-corrected chi connectivity index (χ2v) is 35.1. The highest BCUT2D eigenvalue weighted by molar-refractivity contribution is 6.37. The monoisotopic (exact) mass is 1980 g/mol. The molecule has 786 valence electrons. The van der Waals surface area contributed by atoms with Gasteiger partial charge in [0.05, 0.1) is 112 Å². The van der Waals surface area contributed by atoms with Gasteiger partial charge in [-0.2, -0.15) is 10.2 Å². The summed E-state index contributed by atoms with van der Waals surface area (Å²) >= 11 is 0. The van der Waals surface area contributed by atoms with Crippen molar-refractivity contribution in [2.24, 2.45) is 81.8 Å². The van der Waals surface area contributed by atoms with Gasteiger partial charge in [-0.3, -0.25) is 127 Å². The normalized spacial score (nSPS) is 14.6. The van der Waals surface area contributed by atoms with Gasteiger partial charge in [0.15, 0.2) is 0 Å². The van der Waals surface area contributed by atoms with Crippen LogP contribution in [-0.2, 0) is 134 Å². The molecule has 0 aromatic heterocycles. The highest BCUT2D eigenvalue weighted by Gasteiger charge is 2.43. The summed E-state index contributed by atoms with van der Waals surface area (Å²) in [5, 5.41) is 7.96. The molecular weight excluding hydrogens is 1820 g/mol. The number of ether oxygens (including phenoxy) is 12. The number of Topliss-reactive ketones (excluding diaryl/α,β-unsaturated/α-hetero) is 4. The van der Waals surface area contributed by atoms with Gasteiger partial charge in [-0.05, 0) is 173 Å². The van der Waals surface area contributed by atoms with Crippen molar-refractivity contribution in [2.45, 2.75) is 276 Å². The first-order valence-electron chi connectivity index (χ1n) is 47.1. The van der Waals surface area contributed by atoms with Gasteiger partial charge < -0.3 is 56.8 Å². The lowest BCUT2D eigenvalue weighted by Crippen LogP contribution is -2.47. The maximum absolute atomic E-state index is 14.1. The SMILES string of the molecule is CCC(=O)C(=O)N/N=C(\C)CCC(=O)OCC(CCC(=O)CCC(C)=NC)(COCC(CCC(=O)CCC(C)=NC)(COC(=O)CCC(C)=NC)COC(=O)CC/C(C)=N/NC(=O)C(=O)CN=C(C)CCC(=O)OCC(COCC(COC(=O)CCC(C)=NC)(COC(=O)CCC(C)=NC)COC(=O)CCC(C)=NC)(COC(=O)CCC(C)=NC)COC(=O)CCC(C)=NC)COC(=O)CCC(C)=NC. The van der Waals surface area contributed by atoms with Crippen LogP contribution >= 0.6 is 0 Å². The van der Waals surface area contributed by atoms with Gasteiger partial charge in [0, 0.05) is 164 Å². The van der Waals surface area contributed by atoms with Crippen LogP contribution in [0.25, 0.3) is 0 Å². The van der Waals surface area contributed by atoms with Gasteiger partial charge in [0.1, 0.15) is 84.2 Å². The Balaban J connectivity index is 7.65. The predicted octanol–water partition coefficient (Wildman–Crippen LogP) is 10.3. The van der Waals surface area contributed by atoms with Crippen LogP contribution in [0.15, 0.2) is 60.1 Å². The Morgan fingerprint density at radius 2 is 0.386 bits per heavy atom. The van der Waals surface area contributed by atoms with Crippen molar-refractivity contribution in [2.75, 3.05) is 162 Å². The van der Waals surface area contributed by atoms with Crippen LogP contribution in [0.5, 0.6) is 0 Å². The van der Waals surface area contributed by atoms with Crippen molar-refractivity contribution in [1.29, 1.82) is 0 Å². The number of nitrogens with zero attached hydrogens (tertiary/aromatic N) is 12. The molecule has 0 aliphatic heterocycles. The number of esters is 10. The molecule has 0 heterocycles. The average molecular weight is 1980 g/mol. The second kappa shape index (κ2) is 73.4. The summed E-state index contributed by atoms with van der Waals surface area (Å²) in [5.74, 6) is -11.6. The van der Waals surface area contributed by atoms with Gasteiger partial charge in [-0.1, -0.05) is 6.92 Å². The van der Waals surface area contributed by atoms with Crippen molar-refractivity contribution in [3.8, 4) is 0 Å². The fraction of sp³-hybridized carbons (Fsp3) is 0.714. The zero-order valence-corrected chi connectivity index (χ0v) is 86.9. The van der Waals surface area contributed by atoms with Crippen LogP contribution in [0.3, 0.4) is 0 Å². The fourth-order valence-corrected chi connectivity index (χ4v) is 11.8. The molecule has 0 fully saturated rings. The number of carbonyl (C=O) groups excluding carboxylic acids is 16. The van der Waals surface area contributed by atoms with Crippen LogP contribution < -0.4 is 10.9 Å². The number of rotatable bonds is 77. The first-order valence-corrected chi connectivity index (χ1v) is 47.1. The Labute approximate surface area is 824 Å². The summed E-state index contributed by atoms with van der Waals surface area (Å²) in [7, 11) is 14.2. The minimum atomic E-state index is -1.73. The molecule has 0 saturated heterocycles. The second-order valence-electron chi connectivity index (χ2n) is 35.1. The Kier molecular flexibility index (Phi) is 67.3. The topological polar surface area (TPSA) is 556 Å². The average Bonchev–Trinajstić information content (AvgIpc) is 0.845.